The molecule has 0 aromatic heterocycles. The number of nitrogens with zero attached hydrogens (tertiary/aromatic N) is 1. The highest BCUT2D eigenvalue weighted by Gasteiger charge is 2.22. The summed E-state index contributed by atoms with van der Waals surface area (Å²) in [5, 5.41) is 3.54. The monoisotopic (exact) mass is 272 g/mol. The van der Waals surface area contributed by atoms with Gasteiger partial charge in [-0.25, -0.2) is 0 Å². The lowest BCUT2D eigenvalue weighted by Gasteiger charge is -2.34. The molecule has 2 nitrogen and oxygen atoms in total. The van der Waals surface area contributed by atoms with Crippen LogP contribution >= 0.6 is 0 Å². The highest BCUT2D eigenvalue weighted by Crippen LogP contribution is 2.28. The molecule has 1 fully saturated rings. The third kappa shape index (κ3) is 3.07. The van der Waals surface area contributed by atoms with Gasteiger partial charge >= 0.3 is 0 Å². The molecule has 2 heterocycles. The number of fused-ring (bicyclic) bond motifs is 1. The molecule has 0 radical (unpaired) electrons. The van der Waals surface area contributed by atoms with Crippen molar-refractivity contribution >= 4 is 0 Å². The van der Waals surface area contributed by atoms with Crippen molar-refractivity contribution in [1.82, 2.24) is 10.2 Å². The molecule has 2 aliphatic rings. The molecule has 1 atom stereocenters. The van der Waals surface area contributed by atoms with Crippen molar-refractivity contribution < 1.29 is 0 Å². The molecular formula is C18H28N2. The Labute approximate surface area is 123 Å². The fourth-order valence-electron chi connectivity index (χ4n) is 3.84. The van der Waals surface area contributed by atoms with Crippen LogP contribution in [0.1, 0.15) is 49.3 Å². The van der Waals surface area contributed by atoms with Gasteiger partial charge < -0.3 is 5.32 Å². The first-order chi connectivity index (χ1) is 9.74. The first-order valence-electron chi connectivity index (χ1n) is 8.28. The van der Waals surface area contributed by atoms with E-state index in [1.165, 1.54) is 45.4 Å². The normalized spacial score (nSPS) is 23.9. The molecule has 110 valence electrons. The molecule has 1 saturated heterocycles. The number of hydrogen-bond donors (Lipinski definition) is 1. The van der Waals surface area contributed by atoms with E-state index in [1.54, 1.807) is 16.7 Å². The molecule has 0 bridgehead atoms. The lowest BCUT2D eigenvalue weighted by Crippen LogP contribution is -2.40. The largest absolute Gasteiger partial charge is 0.316 e. The van der Waals surface area contributed by atoms with Crippen LogP contribution in [0.25, 0.3) is 0 Å². The second kappa shape index (κ2) is 6.28. The minimum Gasteiger partial charge on any atom is -0.316 e. The zero-order valence-electron chi connectivity index (χ0n) is 13.0. The van der Waals surface area contributed by atoms with Crippen molar-refractivity contribution in [3.05, 3.63) is 34.9 Å². The standard InChI is InChI=1S/C18H28N2/c1-14(2)17-7-3-6-16-13-20(10-8-18(16)17)12-15-5-4-9-19-11-15/h3,6-7,14-15,19H,4-5,8-13H2,1-2H3. The van der Waals surface area contributed by atoms with E-state index in [4.69, 9.17) is 0 Å². The van der Waals surface area contributed by atoms with Gasteiger partial charge in [-0.15, -0.1) is 0 Å². The van der Waals surface area contributed by atoms with Crippen molar-refractivity contribution in [3.63, 3.8) is 0 Å². The van der Waals surface area contributed by atoms with E-state index in [1.807, 2.05) is 0 Å². The Hall–Kier alpha value is -0.860. The highest BCUT2D eigenvalue weighted by atomic mass is 15.1. The lowest BCUT2D eigenvalue weighted by atomic mass is 9.88. The SMILES string of the molecule is CC(C)c1cccc2c1CCN(CC1CCCNC1)C2. The van der Waals surface area contributed by atoms with E-state index in [-0.39, 0.29) is 0 Å². The highest BCUT2D eigenvalue weighted by molar-refractivity contribution is 5.38. The van der Waals surface area contributed by atoms with Crippen LogP contribution in [0, 0.1) is 5.92 Å². The number of benzene rings is 1. The summed E-state index contributed by atoms with van der Waals surface area (Å²) in [5.41, 5.74) is 4.79. The van der Waals surface area contributed by atoms with Crippen molar-refractivity contribution in [2.24, 2.45) is 5.92 Å². The minimum absolute atomic E-state index is 0.652. The Balaban J connectivity index is 1.67. The predicted molar refractivity (Wildman–Crippen MR) is 85.1 cm³/mol. The Morgan fingerprint density at radius 2 is 2.25 bits per heavy atom. The number of nitrogens with one attached hydrogen (secondary N) is 1. The Kier molecular flexibility index (Phi) is 4.42. The van der Waals surface area contributed by atoms with Gasteiger partial charge in [-0.3, -0.25) is 4.90 Å². The van der Waals surface area contributed by atoms with Crippen molar-refractivity contribution in [2.45, 2.75) is 45.6 Å². The summed E-state index contributed by atoms with van der Waals surface area (Å²) in [4.78, 5) is 2.67. The average Bonchev–Trinajstić information content (AvgIpc) is 2.47. The first-order valence-corrected chi connectivity index (χ1v) is 8.28. The van der Waals surface area contributed by atoms with Crippen molar-refractivity contribution in [3.8, 4) is 0 Å². The number of hydrogen-bond acceptors (Lipinski definition) is 2. The zero-order valence-corrected chi connectivity index (χ0v) is 13.0. The molecular weight excluding hydrogens is 244 g/mol. The van der Waals surface area contributed by atoms with Crippen LogP contribution in [-0.4, -0.2) is 31.1 Å². The van der Waals surface area contributed by atoms with Crippen LogP contribution in [0.2, 0.25) is 0 Å². The molecule has 0 spiro atoms. The first kappa shape index (κ1) is 14.1. The van der Waals surface area contributed by atoms with Gasteiger partial charge in [0, 0.05) is 19.6 Å². The Bertz CT molecular complexity index is 447. The van der Waals surface area contributed by atoms with Gasteiger partial charge in [0.1, 0.15) is 0 Å². The maximum atomic E-state index is 3.54. The predicted octanol–water partition coefficient (Wildman–Crippen LogP) is 3.17. The number of rotatable bonds is 3. The maximum Gasteiger partial charge on any atom is 0.0236 e. The molecule has 0 aliphatic carbocycles. The van der Waals surface area contributed by atoms with E-state index >= 15 is 0 Å². The molecule has 1 N–H and O–H groups in total. The molecule has 2 aliphatic heterocycles. The van der Waals surface area contributed by atoms with E-state index in [9.17, 15) is 0 Å². The number of piperidine rings is 1. The second-order valence-corrected chi connectivity index (χ2v) is 6.84. The van der Waals surface area contributed by atoms with E-state index in [0.29, 0.717) is 5.92 Å². The van der Waals surface area contributed by atoms with Gasteiger partial charge in [0.25, 0.3) is 0 Å². The van der Waals surface area contributed by atoms with E-state index in [2.05, 4.69) is 42.3 Å². The van der Waals surface area contributed by atoms with Gasteiger partial charge in [-0.1, -0.05) is 32.0 Å². The average molecular weight is 272 g/mol. The van der Waals surface area contributed by atoms with E-state index in [0.717, 1.165) is 12.5 Å². The lowest BCUT2D eigenvalue weighted by molar-refractivity contribution is 0.193. The third-order valence-corrected chi connectivity index (χ3v) is 4.92. The maximum absolute atomic E-state index is 3.54. The van der Waals surface area contributed by atoms with Crippen LogP contribution in [-0.2, 0) is 13.0 Å². The molecule has 2 heteroatoms. The van der Waals surface area contributed by atoms with Crippen LogP contribution in [0.3, 0.4) is 0 Å². The van der Waals surface area contributed by atoms with Crippen LogP contribution < -0.4 is 5.32 Å². The van der Waals surface area contributed by atoms with Crippen LogP contribution in [0.4, 0.5) is 0 Å². The molecule has 1 unspecified atom stereocenters. The summed E-state index contributed by atoms with van der Waals surface area (Å²) in [6, 6.07) is 6.91. The van der Waals surface area contributed by atoms with Gasteiger partial charge in [0.15, 0.2) is 0 Å². The van der Waals surface area contributed by atoms with Gasteiger partial charge in [0.2, 0.25) is 0 Å². The Morgan fingerprint density at radius 3 is 3.00 bits per heavy atom. The summed E-state index contributed by atoms with van der Waals surface area (Å²) in [7, 11) is 0. The molecule has 1 aromatic carbocycles. The summed E-state index contributed by atoms with van der Waals surface area (Å²) in [6.45, 7) is 10.7. The van der Waals surface area contributed by atoms with Gasteiger partial charge in [-0.2, -0.15) is 0 Å². The summed E-state index contributed by atoms with van der Waals surface area (Å²) in [5.74, 6) is 1.51. The molecule has 0 saturated carbocycles. The fourth-order valence-corrected chi connectivity index (χ4v) is 3.84. The smallest absolute Gasteiger partial charge is 0.0236 e. The quantitative estimate of drug-likeness (QED) is 0.909. The summed E-state index contributed by atoms with van der Waals surface area (Å²) in [6.07, 6.45) is 4.00. The molecule has 20 heavy (non-hydrogen) atoms. The van der Waals surface area contributed by atoms with Gasteiger partial charge in [-0.05, 0) is 60.9 Å². The molecule has 1 aromatic rings. The molecule has 3 rings (SSSR count). The summed E-state index contributed by atoms with van der Waals surface area (Å²) < 4.78 is 0. The van der Waals surface area contributed by atoms with Crippen molar-refractivity contribution in [1.29, 1.82) is 0 Å². The van der Waals surface area contributed by atoms with Crippen molar-refractivity contribution in [2.75, 3.05) is 26.2 Å². The third-order valence-electron chi connectivity index (χ3n) is 4.92. The topological polar surface area (TPSA) is 15.3 Å². The second-order valence-electron chi connectivity index (χ2n) is 6.84. The summed E-state index contributed by atoms with van der Waals surface area (Å²) >= 11 is 0. The molecule has 0 amide bonds. The zero-order chi connectivity index (χ0) is 13.9. The van der Waals surface area contributed by atoms with E-state index < -0.39 is 0 Å². The fraction of sp³-hybridized carbons (Fsp3) is 0.667. The van der Waals surface area contributed by atoms with Crippen LogP contribution in [0.5, 0.6) is 0 Å². The van der Waals surface area contributed by atoms with Gasteiger partial charge in [0.05, 0.1) is 0 Å². The Morgan fingerprint density at radius 1 is 1.35 bits per heavy atom. The minimum atomic E-state index is 0.652. The van der Waals surface area contributed by atoms with Crippen LogP contribution in [0.15, 0.2) is 18.2 Å².